The lowest BCUT2D eigenvalue weighted by Gasteiger charge is -2.31. The fourth-order valence-electron chi connectivity index (χ4n) is 3.07. The fraction of sp³-hybridized carbons (Fsp3) is 0.550. The van der Waals surface area contributed by atoms with Gasteiger partial charge in [-0.15, -0.1) is 0 Å². The van der Waals surface area contributed by atoms with Gasteiger partial charge in [-0.2, -0.15) is 5.10 Å². The second kappa shape index (κ2) is 8.13. The van der Waals surface area contributed by atoms with Crippen LogP contribution in [-0.2, 0) is 16.8 Å². The normalized spacial score (nSPS) is 17.6. The first-order valence-electron chi connectivity index (χ1n) is 9.15. The first-order chi connectivity index (χ1) is 12.0. The molecule has 3 rings (SSSR count). The molecule has 0 saturated carbocycles. The number of nitrogens with zero attached hydrogens (tertiary/aromatic N) is 3. The minimum atomic E-state index is 0.0187. The van der Waals surface area contributed by atoms with Crippen LogP contribution in [0, 0.1) is 0 Å². The van der Waals surface area contributed by atoms with Crippen molar-refractivity contribution in [1.82, 2.24) is 20.0 Å². The molecule has 5 nitrogen and oxygen atoms in total. The summed E-state index contributed by atoms with van der Waals surface area (Å²) in [5.41, 5.74) is 2.57. The summed E-state index contributed by atoms with van der Waals surface area (Å²) in [6, 6.07) is 11.0. The Bertz CT molecular complexity index is 641. The molecule has 1 aromatic carbocycles. The fourth-order valence-corrected chi connectivity index (χ4v) is 3.07. The maximum absolute atomic E-state index is 5.48. The lowest BCUT2D eigenvalue weighted by atomic mass is 10.1. The topological polar surface area (TPSA) is 42.3 Å². The molecule has 1 N–H and O–H groups in total. The summed E-state index contributed by atoms with van der Waals surface area (Å²) in [5.74, 6) is 0. The SMILES string of the molecule is CC(C)(C)n1cc(CNC(CN2CCOCC2)c2ccccc2)cn1. The van der Waals surface area contributed by atoms with E-state index in [1.165, 1.54) is 11.1 Å². The Hall–Kier alpha value is -1.69. The van der Waals surface area contributed by atoms with Gasteiger partial charge >= 0.3 is 0 Å². The van der Waals surface area contributed by atoms with Gasteiger partial charge < -0.3 is 10.1 Å². The van der Waals surface area contributed by atoms with E-state index in [9.17, 15) is 0 Å². The molecule has 5 heteroatoms. The minimum Gasteiger partial charge on any atom is -0.379 e. The third kappa shape index (κ3) is 5.14. The number of nitrogens with one attached hydrogen (secondary N) is 1. The van der Waals surface area contributed by atoms with E-state index in [0.717, 1.165) is 39.4 Å². The van der Waals surface area contributed by atoms with E-state index in [-0.39, 0.29) is 5.54 Å². The van der Waals surface area contributed by atoms with Gasteiger partial charge in [0.1, 0.15) is 0 Å². The molecule has 25 heavy (non-hydrogen) atoms. The van der Waals surface area contributed by atoms with E-state index in [4.69, 9.17) is 4.74 Å². The summed E-state index contributed by atoms with van der Waals surface area (Å²) in [4.78, 5) is 2.48. The number of rotatable bonds is 6. The van der Waals surface area contributed by atoms with Gasteiger partial charge in [0, 0.05) is 44.0 Å². The first-order valence-corrected chi connectivity index (χ1v) is 9.15. The molecule has 1 aliphatic heterocycles. The highest BCUT2D eigenvalue weighted by atomic mass is 16.5. The summed E-state index contributed by atoms with van der Waals surface area (Å²) >= 11 is 0. The van der Waals surface area contributed by atoms with Crippen molar-refractivity contribution in [3.05, 3.63) is 53.9 Å². The van der Waals surface area contributed by atoms with E-state index in [1.807, 2.05) is 10.9 Å². The van der Waals surface area contributed by atoms with Gasteiger partial charge in [0.2, 0.25) is 0 Å². The van der Waals surface area contributed by atoms with Crippen molar-refractivity contribution in [1.29, 1.82) is 0 Å². The maximum Gasteiger partial charge on any atom is 0.0594 e. The van der Waals surface area contributed by atoms with Gasteiger partial charge in [0.25, 0.3) is 0 Å². The summed E-state index contributed by atoms with van der Waals surface area (Å²) in [6.45, 7) is 12.0. The molecule has 1 fully saturated rings. The third-order valence-corrected chi connectivity index (χ3v) is 4.62. The van der Waals surface area contributed by atoms with Crippen LogP contribution in [-0.4, -0.2) is 47.5 Å². The van der Waals surface area contributed by atoms with Gasteiger partial charge in [-0.25, -0.2) is 0 Å². The highest BCUT2D eigenvalue weighted by molar-refractivity contribution is 5.20. The van der Waals surface area contributed by atoms with Crippen LogP contribution in [0.5, 0.6) is 0 Å². The third-order valence-electron chi connectivity index (χ3n) is 4.62. The van der Waals surface area contributed by atoms with Gasteiger partial charge in [0.15, 0.2) is 0 Å². The highest BCUT2D eigenvalue weighted by Crippen LogP contribution is 2.17. The molecule has 0 amide bonds. The number of benzene rings is 1. The van der Waals surface area contributed by atoms with E-state index in [2.05, 4.69) is 72.6 Å². The van der Waals surface area contributed by atoms with Crippen LogP contribution in [0.25, 0.3) is 0 Å². The van der Waals surface area contributed by atoms with Crippen molar-refractivity contribution >= 4 is 0 Å². The van der Waals surface area contributed by atoms with E-state index < -0.39 is 0 Å². The van der Waals surface area contributed by atoms with Crippen LogP contribution in [0.15, 0.2) is 42.7 Å². The van der Waals surface area contributed by atoms with E-state index in [1.54, 1.807) is 0 Å². The number of ether oxygens (including phenoxy) is 1. The molecule has 2 heterocycles. The largest absolute Gasteiger partial charge is 0.379 e. The first kappa shape index (κ1) is 18.1. The standard InChI is InChI=1S/C20H30N4O/c1-20(2,3)24-15-17(14-22-24)13-21-19(18-7-5-4-6-8-18)16-23-9-11-25-12-10-23/h4-8,14-15,19,21H,9-13,16H2,1-3H3. The van der Waals surface area contributed by atoms with Crippen LogP contribution in [0.1, 0.15) is 37.9 Å². The molecule has 0 radical (unpaired) electrons. The quantitative estimate of drug-likeness (QED) is 0.877. The van der Waals surface area contributed by atoms with Crippen LogP contribution in [0.4, 0.5) is 0 Å². The second-order valence-electron chi connectivity index (χ2n) is 7.72. The van der Waals surface area contributed by atoms with Crippen LogP contribution >= 0.6 is 0 Å². The zero-order valence-electron chi connectivity index (χ0n) is 15.6. The Morgan fingerprint density at radius 3 is 2.52 bits per heavy atom. The molecule has 1 aromatic heterocycles. The molecule has 1 unspecified atom stereocenters. The van der Waals surface area contributed by atoms with Gasteiger partial charge in [-0.3, -0.25) is 9.58 Å². The number of morpholine rings is 1. The molecule has 0 aliphatic carbocycles. The van der Waals surface area contributed by atoms with E-state index >= 15 is 0 Å². The Kier molecular flexibility index (Phi) is 5.89. The summed E-state index contributed by atoms with van der Waals surface area (Å²) in [5, 5.41) is 8.23. The predicted molar refractivity (Wildman–Crippen MR) is 101 cm³/mol. The highest BCUT2D eigenvalue weighted by Gasteiger charge is 2.19. The van der Waals surface area contributed by atoms with Crippen molar-refractivity contribution in [3.8, 4) is 0 Å². The van der Waals surface area contributed by atoms with Crippen molar-refractivity contribution < 1.29 is 4.74 Å². The van der Waals surface area contributed by atoms with Crippen molar-refractivity contribution in [3.63, 3.8) is 0 Å². The smallest absolute Gasteiger partial charge is 0.0594 e. The predicted octanol–water partition coefficient (Wildman–Crippen LogP) is 2.80. The number of aromatic nitrogens is 2. The summed E-state index contributed by atoms with van der Waals surface area (Å²) in [7, 11) is 0. The average Bonchev–Trinajstić information content (AvgIpc) is 3.10. The van der Waals surface area contributed by atoms with Gasteiger partial charge in [0.05, 0.1) is 24.9 Å². The Morgan fingerprint density at radius 1 is 1.16 bits per heavy atom. The molecule has 1 aliphatic rings. The Labute approximate surface area is 151 Å². The lowest BCUT2D eigenvalue weighted by Crippen LogP contribution is -2.41. The minimum absolute atomic E-state index is 0.0187. The van der Waals surface area contributed by atoms with Crippen LogP contribution < -0.4 is 5.32 Å². The van der Waals surface area contributed by atoms with Gasteiger partial charge in [-0.05, 0) is 26.3 Å². The molecular formula is C20H30N4O. The zero-order valence-corrected chi connectivity index (χ0v) is 15.6. The van der Waals surface area contributed by atoms with Crippen molar-refractivity contribution in [2.45, 2.75) is 38.9 Å². The van der Waals surface area contributed by atoms with Crippen molar-refractivity contribution in [2.75, 3.05) is 32.8 Å². The maximum atomic E-state index is 5.48. The molecule has 1 atom stereocenters. The van der Waals surface area contributed by atoms with Crippen molar-refractivity contribution in [2.24, 2.45) is 0 Å². The monoisotopic (exact) mass is 342 g/mol. The molecule has 0 bridgehead atoms. The summed E-state index contributed by atoms with van der Waals surface area (Å²) < 4.78 is 7.51. The Balaban J connectivity index is 1.66. The average molecular weight is 342 g/mol. The van der Waals surface area contributed by atoms with Crippen LogP contribution in [0.3, 0.4) is 0 Å². The molecular weight excluding hydrogens is 312 g/mol. The summed E-state index contributed by atoms with van der Waals surface area (Å²) in [6.07, 6.45) is 4.11. The molecule has 2 aromatic rings. The Morgan fingerprint density at radius 2 is 1.88 bits per heavy atom. The van der Waals surface area contributed by atoms with Gasteiger partial charge in [-0.1, -0.05) is 30.3 Å². The van der Waals surface area contributed by atoms with E-state index in [0.29, 0.717) is 6.04 Å². The second-order valence-corrected chi connectivity index (χ2v) is 7.72. The zero-order chi connectivity index (χ0) is 17.7. The van der Waals surface area contributed by atoms with Crippen LogP contribution in [0.2, 0.25) is 0 Å². The molecule has 136 valence electrons. The number of hydrogen-bond donors (Lipinski definition) is 1. The molecule has 0 spiro atoms. The lowest BCUT2D eigenvalue weighted by molar-refractivity contribution is 0.0333. The molecule has 1 saturated heterocycles. The number of hydrogen-bond acceptors (Lipinski definition) is 4.